The van der Waals surface area contributed by atoms with E-state index >= 15 is 0 Å². The minimum atomic E-state index is -0.922. The summed E-state index contributed by atoms with van der Waals surface area (Å²) >= 11 is 0. The van der Waals surface area contributed by atoms with Crippen molar-refractivity contribution in [3.63, 3.8) is 0 Å². The molecule has 2 rings (SSSR count). The molecule has 1 amide bonds. The van der Waals surface area contributed by atoms with Gasteiger partial charge in [0.25, 0.3) is 5.91 Å². The average molecular weight is 327 g/mol. The summed E-state index contributed by atoms with van der Waals surface area (Å²) in [5.41, 5.74) is 0.475. The van der Waals surface area contributed by atoms with Gasteiger partial charge in [0, 0.05) is 18.2 Å². The summed E-state index contributed by atoms with van der Waals surface area (Å²) in [5.74, 6) is 0.127. The molecule has 126 valence electrons. The number of rotatable bonds is 7. The van der Waals surface area contributed by atoms with Gasteiger partial charge in [0.05, 0.1) is 6.42 Å². The van der Waals surface area contributed by atoms with Gasteiger partial charge >= 0.3 is 5.97 Å². The van der Waals surface area contributed by atoms with Gasteiger partial charge in [-0.15, -0.1) is 0 Å². The van der Waals surface area contributed by atoms with E-state index < -0.39 is 5.97 Å². The highest BCUT2D eigenvalue weighted by Gasteiger charge is 2.20. The molecule has 0 spiro atoms. The molecular weight excluding hydrogens is 306 g/mol. The molecule has 2 aromatic carbocycles. The van der Waals surface area contributed by atoms with Crippen molar-refractivity contribution in [3.8, 4) is 11.5 Å². The maximum Gasteiger partial charge on any atom is 0.305 e. The monoisotopic (exact) mass is 327 g/mol. The Labute approximate surface area is 141 Å². The Hall–Kier alpha value is -2.82. The van der Waals surface area contributed by atoms with E-state index in [1.54, 1.807) is 29.2 Å². The maximum absolute atomic E-state index is 12.7. The zero-order valence-corrected chi connectivity index (χ0v) is 13.8. The van der Waals surface area contributed by atoms with Crippen LogP contribution in [0.5, 0.6) is 11.5 Å². The Morgan fingerprint density at radius 3 is 2.33 bits per heavy atom. The Morgan fingerprint density at radius 1 is 1.04 bits per heavy atom. The number of para-hydroxylation sites is 1. The third-order valence-electron chi connectivity index (χ3n) is 3.51. The number of carboxylic acids is 1. The number of ether oxygens (including phenoxy) is 1. The molecule has 24 heavy (non-hydrogen) atoms. The lowest BCUT2D eigenvalue weighted by atomic mass is 10.1. The van der Waals surface area contributed by atoms with Crippen LogP contribution in [0.25, 0.3) is 0 Å². The van der Waals surface area contributed by atoms with Crippen molar-refractivity contribution >= 4 is 11.9 Å². The first-order chi connectivity index (χ1) is 11.5. The fourth-order valence-electron chi connectivity index (χ4n) is 2.29. The number of carboxylic acid groups (broad SMARTS) is 1. The first-order valence-electron chi connectivity index (χ1n) is 7.83. The third-order valence-corrected chi connectivity index (χ3v) is 3.51. The largest absolute Gasteiger partial charge is 0.481 e. The maximum atomic E-state index is 12.7. The Balaban J connectivity index is 2.16. The zero-order chi connectivity index (χ0) is 17.5. The van der Waals surface area contributed by atoms with Crippen LogP contribution in [0, 0.1) is 0 Å². The second kappa shape index (κ2) is 8.15. The summed E-state index contributed by atoms with van der Waals surface area (Å²) in [4.78, 5) is 25.0. The van der Waals surface area contributed by atoms with Gasteiger partial charge in [-0.1, -0.05) is 24.3 Å². The Morgan fingerprint density at radius 2 is 1.71 bits per heavy atom. The zero-order valence-electron chi connectivity index (χ0n) is 13.8. The summed E-state index contributed by atoms with van der Waals surface area (Å²) < 4.78 is 5.74. The van der Waals surface area contributed by atoms with Crippen LogP contribution in [-0.4, -0.2) is 34.5 Å². The third kappa shape index (κ3) is 4.84. The van der Waals surface area contributed by atoms with Crippen molar-refractivity contribution in [2.45, 2.75) is 26.3 Å². The quantitative estimate of drug-likeness (QED) is 0.840. The molecule has 2 aromatic rings. The van der Waals surface area contributed by atoms with E-state index in [1.807, 2.05) is 44.2 Å². The molecule has 5 nitrogen and oxygen atoms in total. The first kappa shape index (κ1) is 17.5. The van der Waals surface area contributed by atoms with Crippen LogP contribution in [0.15, 0.2) is 54.6 Å². The van der Waals surface area contributed by atoms with E-state index in [0.717, 1.165) is 0 Å². The fourth-order valence-corrected chi connectivity index (χ4v) is 2.29. The average Bonchev–Trinajstić information content (AvgIpc) is 2.55. The number of benzene rings is 2. The lowest BCUT2D eigenvalue weighted by Gasteiger charge is -2.26. The van der Waals surface area contributed by atoms with Gasteiger partial charge in [-0.25, -0.2) is 0 Å². The normalized spacial score (nSPS) is 10.5. The van der Waals surface area contributed by atoms with Gasteiger partial charge in [-0.05, 0) is 44.2 Å². The fraction of sp³-hybridized carbons (Fsp3) is 0.263. The predicted octanol–water partition coefficient (Wildman–Crippen LogP) is 3.80. The summed E-state index contributed by atoms with van der Waals surface area (Å²) in [6.07, 6.45) is -0.0792. The molecule has 1 N–H and O–H groups in total. The topological polar surface area (TPSA) is 66.8 Å². The highest BCUT2D eigenvalue weighted by molar-refractivity contribution is 5.95. The molecule has 0 aliphatic carbocycles. The highest BCUT2D eigenvalue weighted by Crippen LogP contribution is 2.22. The van der Waals surface area contributed by atoms with Crippen molar-refractivity contribution in [1.29, 1.82) is 0 Å². The molecule has 0 aromatic heterocycles. The molecule has 5 heteroatoms. The van der Waals surface area contributed by atoms with Crippen LogP contribution in [-0.2, 0) is 4.79 Å². The molecule has 0 fully saturated rings. The Kier molecular flexibility index (Phi) is 5.95. The number of carbonyl (C=O) groups excluding carboxylic acids is 1. The number of hydrogen-bond donors (Lipinski definition) is 1. The minimum absolute atomic E-state index is 0.0792. The van der Waals surface area contributed by atoms with Crippen molar-refractivity contribution in [1.82, 2.24) is 4.90 Å². The lowest BCUT2D eigenvalue weighted by Crippen LogP contribution is -2.38. The molecule has 0 saturated heterocycles. The van der Waals surface area contributed by atoms with Crippen LogP contribution in [0.1, 0.15) is 30.6 Å². The van der Waals surface area contributed by atoms with Gasteiger partial charge in [0.15, 0.2) is 0 Å². The standard InChI is InChI=1S/C19H21NO4/c1-14(2)20(12-11-18(21)22)19(23)15-7-6-10-17(13-15)24-16-8-4-3-5-9-16/h3-10,13-14H,11-12H2,1-2H3,(H,21,22). The van der Waals surface area contributed by atoms with Gasteiger partial charge in [-0.2, -0.15) is 0 Å². The first-order valence-corrected chi connectivity index (χ1v) is 7.83. The molecule has 0 unspecified atom stereocenters. The molecule has 0 saturated carbocycles. The summed E-state index contributed by atoms with van der Waals surface area (Å²) in [6.45, 7) is 3.91. The van der Waals surface area contributed by atoms with E-state index in [0.29, 0.717) is 17.1 Å². The van der Waals surface area contributed by atoms with Crippen LogP contribution in [0.3, 0.4) is 0 Å². The highest BCUT2D eigenvalue weighted by atomic mass is 16.5. The van der Waals surface area contributed by atoms with Crippen LogP contribution < -0.4 is 4.74 Å². The molecule has 0 bridgehead atoms. The van der Waals surface area contributed by atoms with Crippen molar-refractivity contribution < 1.29 is 19.4 Å². The lowest BCUT2D eigenvalue weighted by molar-refractivity contribution is -0.137. The van der Waals surface area contributed by atoms with Crippen molar-refractivity contribution in [2.24, 2.45) is 0 Å². The van der Waals surface area contributed by atoms with E-state index in [2.05, 4.69) is 0 Å². The van der Waals surface area contributed by atoms with Gasteiger partial charge in [0.1, 0.15) is 11.5 Å². The number of amides is 1. The second-order valence-electron chi connectivity index (χ2n) is 5.68. The van der Waals surface area contributed by atoms with Gasteiger partial charge < -0.3 is 14.7 Å². The molecule has 0 heterocycles. The summed E-state index contributed by atoms with van der Waals surface area (Å²) in [5, 5.41) is 8.85. The minimum Gasteiger partial charge on any atom is -0.481 e. The number of hydrogen-bond acceptors (Lipinski definition) is 3. The van der Waals surface area contributed by atoms with Crippen molar-refractivity contribution in [2.75, 3.05) is 6.54 Å². The van der Waals surface area contributed by atoms with E-state index in [4.69, 9.17) is 9.84 Å². The van der Waals surface area contributed by atoms with Gasteiger partial charge in [0.2, 0.25) is 0 Å². The van der Waals surface area contributed by atoms with E-state index in [-0.39, 0.29) is 24.9 Å². The summed E-state index contributed by atoms with van der Waals surface area (Å²) in [7, 11) is 0. The van der Waals surface area contributed by atoms with Crippen molar-refractivity contribution in [3.05, 3.63) is 60.2 Å². The van der Waals surface area contributed by atoms with Crippen LogP contribution >= 0.6 is 0 Å². The summed E-state index contributed by atoms with van der Waals surface area (Å²) in [6, 6.07) is 16.1. The van der Waals surface area contributed by atoms with E-state index in [9.17, 15) is 9.59 Å². The van der Waals surface area contributed by atoms with Gasteiger partial charge in [-0.3, -0.25) is 9.59 Å². The number of nitrogens with zero attached hydrogens (tertiary/aromatic N) is 1. The Bertz CT molecular complexity index is 698. The molecular formula is C19H21NO4. The molecule has 0 radical (unpaired) electrons. The molecule has 0 aliphatic rings. The van der Waals surface area contributed by atoms with Crippen LogP contribution in [0.4, 0.5) is 0 Å². The SMILES string of the molecule is CC(C)N(CCC(=O)O)C(=O)c1cccc(Oc2ccccc2)c1. The molecule has 0 atom stereocenters. The predicted molar refractivity (Wildman–Crippen MR) is 91.4 cm³/mol. The van der Waals surface area contributed by atoms with Crippen LogP contribution in [0.2, 0.25) is 0 Å². The molecule has 0 aliphatic heterocycles. The van der Waals surface area contributed by atoms with E-state index in [1.165, 1.54) is 0 Å². The number of carbonyl (C=O) groups is 2. The number of aliphatic carboxylic acids is 1. The smallest absolute Gasteiger partial charge is 0.305 e. The second-order valence-corrected chi connectivity index (χ2v) is 5.68.